The van der Waals surface area contributed by atoms with Gasteiger partial charge in [-0.2, -0.15) is 0 Å². The van der Waals surface area contributed by atoms with Gasteiger partial charge in [0.2, 0.25) is 15.9 Å². The zero-order valence-electron chi connectivity index (χ0n) is 16.6. The van der Waals surface area contributed by atoms with Gasteiger partial charge in [0.15, 0.2) is 0 Å². The minimum Gasteiger partial charge on any atom is -0.340 e. The van der Waals surface area contributed by atoms with E-state index in [4.69, 9.17) is 0 Å². The van der Waals surface area contributed by atoms with Gasteiger partial charge in [0.25, 0.3) is 0 Å². The third-order valence-electron chi connectivity index (χ3n) is 5.48. The largest absolute Gasteiger partial charge is 0.340 e. The van der Waals surface area contributed by atoms with E-state index in [1.54, 1.807) is 23.2 Å². The van der Waals surface area contributed by atoms with Crippen LogP contribution in [0.25, 0.3) is 0 Å². The van der Waals surface area contributed by atoms with Crippen molar-refractivity contribution in [2.45, 2.75) is 38.6 Å². The first-order valence-electron chi connectivity index (χ1n) is 9.49. The SMILES string of the molecule is CCS(=O)(=O)N1CCC(C(=O)N(C)Cc2cnc(C)s2)(c2ccccc2)CC1. The average molecular weight is 422 g/mol. The van der Waals surface area contributed by atoms with Crippen molar-refractivity contribution in [1.82, 2.24) is 14.2 Å². The fourth-order valence-electron chi connectivity index (χ4n) is 3.86. The van der Waals surface area contributed by atoms with Gasteiger partial charge in [-0.1, -0.05) is 30.3 Å². The Bertz CT molecular complexity index is 917. The van der Waals surface area contributed by atoms with Gasteiger partial charge < -0.3 is 4.90 Å². The highest BCUT2D eigenvalue weighted by atomic mass is 32.2. The second kappa shape index (κ2) is 8.31. The molecule has 3 rings (SSSR count). The summed E-state index contributed by atoms with van der Waals surface area (Å²) in [5, 5.41) is 0.978. The van der Waals surface area contributed by atoms with Crippen molar-refractivity contribution in [3.8, 4) is 0 Å². The van der Waals surface area contributed by atoms with Crippen LogP contribution in [0.1, 0.15) is 35.2 Å². The number of thiazole rings is 1. The number of carbonyl (C=O) groups is 1. The summed E-state index contributed by atoms with van der Waals surface area (Å²) in [6.07, 6.45) is 2.79. The first-order valence-corrected chi connectivity index (χ1v) is 11.9. The molecule has 1 amide bonds. The van der Waals surface area contributed by atoms with Crippen LogP contribution < -0.4 is 0 Å². The van der Waals surface area contributed by atoms with Gasteiger partial charge in [0.05, 0.1) is 22.7 Å². The van der Waals surface area contributed by atoms with Crippen LogP contribution >= 0.6 is 11.3 Å². The van der Waals surface area contributed by atoms with Gasteiger partial charge in [-0.3, -0.25) is 4.79 Å². The van der Waals surface area contributed by atoms with Gasteiger partial charge in [-0.25, -0.2) is 17.7 Å². The van der Waals surface area contributed by atoms with Crippen molar-refractivity contribution in [3.63, 3.8) is 0 Å². The highest BCUT2D eigenvalue weighted by molar-refractivity contribution is 7.89. The number of hydrogen-bond acceptors (Lipinski definition) is 5. The number of sulfonamides is 1. The van der Waals surface area contributed by atoms with E-state index in [0.717, 1.165) is 15.4 Å². The third kappa shape index (κ3) is 4.14. The second-order valence-corrected chi connectivity index (χ2v) is 10.8. The van der Waals surface area contributed by atoms with Crippen molar-refractivity contribution < 1.29 is 13.2 Å². The molecule has 2 aromatic rings. The van der Waals surface area contributed by atoms with Gasteiger partial charge >= 0.3 is 0 Å². The summed E-state index contributed by atoms with van der Waals surface area (Å²) in [6.45, 7) is 4.85. The maximum absolute atomic E-state index is 13.6. The van der Waals surface area contributed by atoms with Gasteiger partial charge in [0.1, 0.15) is 0 Å². The molecule has 0 N–H and O–H groups in total. The standard InChI is InChI=1S/C20H27N3O3S2/c1-4-28(25,26)23-12-10-20(11-13-23,17-8-6-5-7-9-17)19(24)22(3)15-18-14-21-16(2)27-18/h5-9,14H,4,10-13,15H2,1-3H3. The van der Waals surface area contributed by atoms with E-state index in [1.165, 1.54) is 4.31 Å². The number of piperidine rings is 1. The molecule has 0 spiro atoms. The topological polar surface area (TPSA) is 70.6 Å². The molecule has 0 aliphatic carbocycles. The first kappa shape index (κ1) is 21.0. The molecule has 1 aromatic heterocycles. The van der Waals surface area contributed by atoms with Crippen molar-refractivity contribution in [2.75, 3.05) is 25.9 Å². The van der Waals surface area contributed by atoms with Crippen molar-refractivity contribution in [3.05, 3.63) is 52.0 Å². The smallest absolute Gasteiger partial charge is 0.233 e. The van der Waals surface area contributed by atoms with Crippen LogP contribution in [0.15, 0.2) is 36.5 Å². The molecule has 28 heavy (non-hydrogen) atoms. The van der Waals surface area contributed by atoms with Gasteiger partial charge in [-0.15, -0.1) is 11.3 Å². The van der Waals surface area contributed by atoms with Crippen LogP contribution in [0.4, 0.5) is 0 Å². The molecular formula is C20H27N3O3S2. The highest BCUT2D eigenvalue weighted by Gasteiger charge is 2.45. The number of aryl methyl sites for hydroxylation is 1. The van der Waals surface area contributed by atoms with Crippen LogP contribution in [0.5, 0.6) is 0 Å². The lowest BCUT2D eigenvalue weighted by molar-refractivity contribution is -0.138. The van der Waals surface area contributed by atoms with E-state index in [-0.39, 0.29) is 11.7 Å². The number of amides is 1. The van der Waals surface area contributed by atoms with E-state index in [0.29, 0.717) is 32.5 Å². The van der Waals surface area contributed by atoms with E-state index in [2.05, 4.69) is 4.98 Å². The fraction of sp³-hybridized carbons (Fsp3) is 0.500. The van der Waals surface area contributed by atoms with Crippen LogP contribution in [-0.2, 0) is 26.8 Å². The number of hydrogen-bond donors (Lipinski definition) is 0. The summed E-state index contributed by atoms with van der Waals surface area (Å²) in [6, 6.07) is 9.76. The summed E-state index contributed by atoms with van der Waals surface area (Å²) < 4.78 is 26.1. The fourth-order valence-corrected chi connectivity index (χ4v) is 5.81. The van der Waals surface area contributed by atoms with Crippen molar-refractivity contribution in [2.24, 2.45) is 0 Å². The molecule has 0 unspecified atom stereocenters. The molecule has 1 aromatic carbocycles. The van der Waals surface area contributed by atoms with Crippen molar-refractivity contribution in [1.29, 1.82) is 0 Å². The van der Waals surface area contributed by atoms with Crippen LogP contribution in [0, 0.1) is 6.92 Å². The van der Waals surface area contributed by atoms with Crippen LogP contribution in [0.3, 0.4) is 0 Å². The highest BCUT2D eigenvalue weighted by Crippen LogP contribution is 2.38. The zero-order valence-corrected chi connectivity index (χ0v) is 18.2. The first-order chi connectivity index (χ1) is 13.3. The molecule has 0 saturated carbocycles. The number of likely N-dealkylation sites (N-methyl/N-ethyl adjacent to an activating group) is 1. The summed E-state index contributed by atoms with van der Waals surface area (Å²) in [7, 11) is -1.43. The molecule has 1 aliphatic rings. The summed E-state index contributed by atoms with van der Waals surface area (Å²) >= 11 is 1.59. The maximum Gasteiger partial charge on any atom is 0.233 e. The number of aromatic nitrogens is 1. The Kier molecular flexibility index (Phi) is 6.21. The Balaban J connectivity index is 1.87. The number of carbonyl (C=O) groups excluding carboxylic acids is 1. The zero-order chi connectivity index (χ0) is 20.4. The Morgan fingerprint density at radius 3 is 2.43 bits per heavy atom. The quantitative estimate of drug-likeness (QED) is 0.719. The van der Waals surface area contributed by atoms with E-state index >= 15 is 0 Å². The predicted molar refractivity (Wildman–Crippen MR) is 112 cm³/mol. The Morgan fingerprint density at radius 2 is 1.89 bits per heavy atom. The summed E-state index contributed by atoms with van der Waals surface area (Å²) in [5.74, 6) is 0.127. The van der Waals surface area contributed by atoms with Crippen LogP contribution in [-0.4, -0.2) is 54.4 Å². The number of nitrogens with zero attached hydrogens (tertiary/aromatic N) is 3. The Hall–Kier alpha value is -1.77. The minimum absolute atomic E-state index is 0.0401. The second-order valence-electron chi connectivity index (χ2n) is 7.25. The van der Waals surface area contributed by atoms with E-state index in [1.807, 2.05) is 50.5 Å². The summed E-state index contributed by atoms with van der Waals surface area (Å²) in [5.41, 5.74) is 0.260. The maximum atomic E-state index is 13.6. The molecule has 2 heterocycles. The van der Waals surface area contributed by atoms with E-state index < -0.39 is 15.4 Å². The molecule has 1 fully saturated rings. The molecule has 8 heteroatoms. The van der Waals surface area contributed by atoms with Gasteiger partial charge in [0, 0.05) is 31.2 Å². The predicted octanol–water partition coefficient (Wildman–Crippen LogP) is 2.79. The Labute approximate surface area is 171 Å². The molecule has 0 atom stereocenters. The lowest BCUT2D eigenvalue weighted by Gasteiger charge is -2.42. The van der Waals surface area contributed by atoms with E-state index in [9.17, 15) is 13.2 Å². The van der Waals surface area contributed by atoms with Crippen LogP contribution in [0.2, 0.25) is 0 Å². The molecule has 152 valence electrons. The van der Waals surface area contributed by atoms with Crippen molar-refractivity contribution >= 4 is 27.3 Å². The Morgan fingerprint density at radius 1 is 1.25 bits per heavy atom. The number of benzene rings is 1. The molecule has 1 aliphatic heterocycles. The molecule has 6 nitrogen and oxygen atoms in total. The number of rotatable bonds is 6. The normalized spacial score (nSPS) is 17.4. The third-order valence-corrected chi connectivity index (χ3v) is 8.26. The minimum atomic E-state index is -3.24. The average Bonchev–Trinajstić information content (AvgIpc) is 3.12. The molecule has 1 saturated heterocycles. The lowest BCUT2D eigenvalue weighted by Crippen LogP contribution is -2.53. The van der Waals surface area contributed by atoms with Gasteiger partial charge in [-0.05, 0) is 32.3 Å². The summed E-state index contributed by atoms with van der Waals surface area (Å²) in [4.78, 5) is 20.7. The monoisotopic (exact) mass is 421 g/mol. The molecule has 0 radical (unpaired) electrons. The molecule has 0 bridgehead atoms. The lowest BCUT2D eigenvalue weighted by atomic mass is 9.72. The molecular weight excluding hydrogens is 394 g/mol.